The number of carbonyl (C=O) groups is 1. The fraction of sp³-hybridized carbons (Fsp3) is 0.188. The molecule has 0 bridgehead atoms. The van der Waals surface area contributed by atoms with Gasteiger partial charge >= 0.3 is 6.18 Å². The highest BCUT2D eigenvalue weighted by Gasteiger charge is 2.30. The fourth-order valence-electron chi connectivity index (χ4n) is 1.91. The Balaban J connectivity index is 2.19. The van der Waals surface area contributed by atoms with Crippen LogP contribution >= 0.6 is 0 Å². The van der Waals surface area contributed by atoms with Crippen molar-refractivity contribution >= 4 is 11.6 Å². The number of anilines is 1. The number of amides is 1. The molecule has 1 N–H and O–H groups in total. The molecule has 2 rings (SSSR count). The molecule has 1 amide bonds. The summed E-state index contributed by atoms with van der Waals surface area (Å²) in [5, 5.41) is 2.59. The molecule has 122 valence electrons. The van der Waals surface area contributed by atoms with Crippen LogP contribution in [0.25, 0.3) is 0 Å². The standard InChI is InChI=1S/C16H14F3NO3/c1-22-12-7-8-13(14(9-12)23-2)20-15(21)10-3-5-11(6-4-10)16(17,18)19/h3-9H,1-2H3,(H,20,21). The Kier molecular flexibility index (Phi) is 4.78. The second kappa shape index (κ2) is 6.60. The van der Waals surface area contributed by atoms with Gasteiger partial charge in [0, 0.05) is 11.6 Å². The van der Waals surface area contributed by atoms with E-state index >= 15 is 0 Å². The number of hydrogen-bond donors (Lipinski definition) is 1. The van der Waals surface area contributed by atoms with Crippen LogP contribution in [0.4, 0.5) is 18.9 Å². The molecule has 0 fully saturated rings. The first-order valence-electron chi connectivity index (χ1n) is 6.56. The maximum absolute atomic E-state index is 12.5. The molecule has 0 aliphatic rings. The van der Waals surface area contributed by atoms with Crippen molar-refractivity contribution in [2.75, 3.05) is 19.5 Å². The van der Waals surface area contributed by atoms with Gasteiger partial charge in [-0.05, 0) is 36.4 Å². The molecular formula is C16H14F3NO3. The van der Waals surface area contributed by atoms with Crippen LogP contribution in [-0.2, 0) is 6.18 Å². The summed E-state index contributed by atoms with van der Waals surface area (Å²) in [4.78, 5) is 12.1. The van der Waals surface area contributed by atoms with E-state index in [4.69, 9.17) is 9.47 Å². The number of hydrogen-bond acceptors (Lipinski definition) is 3. The van der Waals surface area contributed by atoms with Crippen LogP contribution in [0.3, 0.4) is 0 Å². The number of rotatable bonds is 4. The summed E-state index contributed by atoms with van der Waals surface area (Å²) in [5.41, 5.74) is -0.315. The number of nitrogens with one attached hydrogen (secondary N) is 1. The molecule has 4 nitrogen and oxygen atoms in total. The first-order valence-corrected chi connectivity index (χ1v) is 6.56. The van der Waals surface area contributed by atoms with Gasteiger partial charge < -0.3 is 14.8 Å². The molecule has 0 saturated heterocycles. The molecule has 0 heterocycles. The highest BCUT2D eigenvalue weighted by atomic mass is 19.4. The van der Waals surface area contributed by atoms with Gasteiger partial charge in [-0.2, -0.15) is 13.2 Å². The van der Waals surface area contributed by atoms with E-state index in [-0.39, 0.29) is 5.56 Å². The van der Waals surface area contributed by atoms with Gasteiger partial charge in [0.1, 0.15) is 11.5 Å². The third-order valence-electron chi connectivity index (χ3n) is 3.13. The lowest BCUT2D eigenvalue weighted by Gasteiger charge is -2.12. The average Bonchev–Trinajstić information content (AvgIpc) is 2.54. The molecule has 0 saturated carbocycles. The van der Waals surface area contributed by atoms with E-state index in [0.29, 0.717) is 17.2 Å². The number of methoxy groups -OCH3 is 2. The van der Waals surface area contributed by atoms with Gasteiger partial charge in [-0.3, -0.25) is 4.79 Å². The molecule has 0 aliphatic heterocycles. The lowest BCUT2D eigenvalue weighted by molar-refractivity contribution is -0.137. The third-order valence-corrected chi connectivity index (χ3v) is 3.13. The van der Waals surface area contributed by atoms with E-state index in [2.05, 4.69) is 5.32 Å². The highest BCUT2D eigenvalue weighted by Crippen LogP contribution is 2.31. The van der Waals surface area contributed by atoms with Gasteiger partial charge in [-0.1, -0.05) is 0 Å². The van der Waals surface area contributed by atoms with Crippen molar-refractivity contribution in [2.45, 2.75) is 6.18 Å². The van der Waals surface area contributed by atoms with Crippen molar-refractivity contribution in [2.24, 2.45) is 0 Å². The SMILES string of the molecule is COc1ccc(NC(=O)c2ccc(C(F)(F)F)cc2)c(OC)c1. The second-order valence-electron chi connectivity index (χ2n) is 4.60. The molecule has 2 aromatic rings. The molecule has 0 unspecified atom stereocenters. The molecule has 0 aliphatic carbocycles. The summed E-state index contributed by atoms with van der Waals surface area (Å²) in [6.07, 6.45) is -4.44. The predicted octanol–water partition coefficient (Wildman–Crippen LogP) is 3.97. The van der Waals surface area contributed by atoms with E-state index in [1.165, 1.54) is 14.2 Å². The minimum Gasteiger partial charge on any atom is -0.497 e. The smallest absolute Gasteiger partial charge is 0.416 e. The van der Waals surface area contributed by atoms with Crippen molar-refractivity contribution in [3.8, 4) is 11.5 Å². The number of carbonyl (C=O) groups excluding carboxylic acids is 1. The summed E-state index contributed by atoms with van der Waals surface area (Å²) < 4.78 is 47.7. The fourth-order valence-corrected chi connectivity index (χ4v) is 1.91. The van der Waals surface area contributed by atoms with Gasteiger partial charge in [0.2, 0.25) is 0 Å². The zero-order valence-electron chi connectivity index (χ0n) is 12.4. The first kappa shape index (κ1) is 16.7. The van der Waals surface area contributed by atoms with Gasteiger partial charge in [-0.15, -0.1) is 0 Å². The largest absolute Gasteiger partial charge is 0.497 e. The van der Waals surface area contributed by atoms with Crippen molar-refractivity contribution in [1.82, 2.24) is 0 Å². The normalized spacial score (nSPS) is 11.0. The Labute approximate surface area is 130 Å². The molecule has 0 radical (unpaired) electrons. The topological polar surface area (TPSA) is 47.6 Å². The van der Waals surface area contributed by atoms with E-state index in [1.807, 2.05) is 0 Å². The average molecular weight is 325 g/mol. The first-order chi connectivity index (χ1) is 10.8. The molecule has 0 spiro atoms. The van der Waals surface area contributed by atoms with Gasteiger partial charge in [-0.25, -0.2) is 0 Å². The maximum Gasteiger partial charge on any atom is 0.416 e. The van der Waals surface area contributed by atoms with Crippen LogP contribution in [0.1, 0.15) is 15.9 Å². The van der Waals surface area contributed by atoms with Gasteiger partial charge in [0.25, 0.3) is 5.91 Å². The zero-order chi connectivity index (χ0) is 17.0. The summed E-state index contributed by atoms with van der Waals surface area (Å²) >= 11 is 0. The molecule has 0 aromatic heterocycles. The van der Waals surface area contributed by atoms with Gasteiger partial charge in [0.15, 0.2) is 0 Å². The molecular weight excluding hydrogens is 311 g/mol. The van der Waals surface area contributed by atoms with E-state index in [9.17, 15) is 18.0 Å². The highest BCUT2D eigenvalue weighted by molar-refractivity contribution is 6.05. The van der Waals surface area contributed by atoms with Crippen LogP contribution in [0.15, 0.2) is 42.5 Å². The molecule has 0 atom stereocenters. The predicted molar refractivity (Wildman–Crippen MR) is 78.9 cm³/mol. The molecule has 2 aromatic carbocycles. The Morgan fingerprint density at radius 3 is 2.17 bits per heavy atom. The summed E-state index contributed by atoms with van der Waals surface area (Å²) in [5.74, 6) is 0.390. The van der Waals surface area contributed by atoms with Crippen molar-refractivity contribution in [1.29, 1.82) is 0 Å². The summed E-state index contributed by atoms with van der Waals surface area (Å²) in [6.45, 7) is 0. The molecule has 7 heteroatoms. The maximum atomic E-state index is 12.5. The van der Waals surface area contributed by atoms with Crippen LogP contribution < -0.4 is 14.8 Å². The lowest BCUT2D eigenvalue weighted by atomic mass is 10.1. The number of alkyl halides is 3. The lowest BCUT2D eigenvalue weighted by Crippen LogP contribution is -2.13. The third kappa shape index (κ3) is 3.94. The van der Waals surface area contributed by atoms with Crippen molar-refractivity contribution < 1.29 is 27.4 Å². The summed E-state index contributed by atoms with van der Waals surface area (Å²) in [7, 11) is 2.93. The van der Waals surface area contributed by atoms with E-state index in [1.54, 1.807) is 18.2 Å². The van der Waals surface area contributed by atoms with E-state index < -0.39 is 17.6 Å². The van der Waals surface area contributed by atoms with Crippen LogP contribution in [0.2, 0.25) is 0 Å². The van der Waals surface area contributed by atoms with E-state index in [0.717, 1.165) is 24.3 Å². The quantitative estimate of drug-likeness (QED) is 0.925. The second-order valence-corrected chi connectivity index (χ2v) is 4.60. The number of halogens is 3. The molecule has 23 heavy (non-hydrogen) atoms. The number of ether oxygens (including phenoxy) is 2. The van der Waals surface area contributed by atoms with Crippen LogP contribution in [0.5, 0.6) is 11.5 Å². The zero-order valence-corrected chi connectivity index (χ0v) is 12.4. The van der Waals surface area contributed by atoms with Crippen LogP contribution in [-0.4, -0.2) is 20.1 Å². The van der Waals surface area contributed by atoms with Crippen molar-refractivity contribution in [3.05, 3.63) is 53.6 Å². The van der Waals surface area contributed by atoms with Crippen LogP contribution in [0, 0.1) is 0 Å². The Morgan fingerprint density at radius 2 is 1.65 bits per heavy atom. The Hall–Kier alpha value is -2.70. The van der Waals surface area contributed by atoms with Crippen molar-refractivity contribution in [3.63, 3.8) is 0 Å². The van der Waals surface area contributed by atoms with Gasteiger partial charge in [0.05, 0.1) is 25.5 Å². The Morgan fingerprint density at radius 1 is 1.00 bits per heavy atom. The minimum atomic E-state index is -4.44. The Bertz CT molecular complexity index is 697. The monoisotopic (exact) mass is 325 g/mol. The number of benzene rings is 2. The summed E-state index contributed by atoms with van der Waals surface area (Å²) in [6, 6.07) is 8.76. The minimum absolute atomic E-state index is 0.107.